The second-order valence-electron chi connectivity index (χ2n) is 14.7. The fourth-order valence-corrected chi connectivity index (χ4v) is 9.46. The molecule has 6 aliphatic rings. The lowest BCUT2D eigenvalue weighted by Crippen LogP contribution is -2.65. The van der Waals surface area contributed by atoms with Crippen molar-refractivity contribution in [2.24, 2.45) is 32.5 Å². The Morgan fingerprint density at radius 1 is 1.00 bits per heavy atom. The summed E-state index contributed by atoms with van der Waals surface area (Å²) in [5, 5.41) is 0. The van der Waals surface area contributed by atoms with E-state index in [9.17, 15) is 13.8 Å². The van der Waals surface area contributed by atoms with Gasteiger partial charge >= 0.3 is 6.09 Å². The quantitative estimate of drug-likeness (QED) is 0.337. The van der Waals surface area contributed by atoms with Crippen molar-refractivity contribution in [3.8, 4) is 0 Å². The fraction of sp³-hybridized carbons (Fsp3) is 0.818. The SMILES string of the molecule is CC.CC1CCCC1N1C(=O)C2(CC2)C(C=NC2CCN(S(=O)N3CC4(CCCN(C(=O)OC(C)(C)C)C4)C3)CC2)=C1/N=C/N. The van der Waals surface area contributed by atoms with Gasteiger partial charge in [0.1, 0.15) is 11.4 Å². The van der Waals surface area contributed by atoms with Crippen LogP contribution < -0.4 is 5.73 Å². The van der Waals surface area contributed by atoms with E-state index in [1.807, 2.05) is 54.9 Å². The Morgan fingerprint density at radius 2 is 1.69 bits per heavy atom. The molecule has 3 atom stereocenters. The van der Waals surface area contributed by atoms with Crippen LogP contribution in [0.3, 0.4) is 0 Å². The largest absolute Gasteiger partial charge is 0.444 e. The van der Waals surface area contributed by atoms with Crippen LogP contribution >= 0.6 is 0 Å². The molecule has 0 radical (unpaired) electrons. The van der Waals surface area contributed by atoms with Crippen molar-refractivity contribution in [2.75, 3.05) is 39.3 Å². The first-order chi connectivity index (χ1) is 21.5. The van der Waals surface area contributed by atoms with Crippen molar-refractivity contribution in [3.05, 3.63) is 11.4 Å². The van der Waals surface area contributed by atoms with Gasteiger partial charge in [0.05, 0.1) is 17.8 Å². The molecule has 0 aromatic carbocycles. The first kappa shape index (κ1) is 34.0. The Morgan fingerprint density at radius 3 is 2.27 bits per heavy atom. The third-order valence-corrected chi connectivity index (χ3v) is 11.8. The summed E-state index contributed by atoms with van der Waals surface area (Å²) >= 11 is -1.19. The molecular weight excluding hydrogens is 590 g/mol. The third-order valence-electron chi connectivity index (χ3n) is 10.3. The van der Waals surface area contributed by atoms with E-state index in [2.05, 4.69) is 16.2 Å². The van der Waals surface area contributed by atoms with E-state index >= 15 is 0 Å². The molecule has 0 aromatic rings. The lowest BCUT2D eigenvalue weighted by molar-refractivity contribution is -0.134. The first-order valence-electron chi connectivity index (χ1n) is 17.2. The lowest BCUT2D eigenvalue weighted by atomic mass is 9.75. The standard InChI is InChI=1S/C31H49N7O4S.C2H6/c1-22-7-5-8-25(22)38-26(34-21-32)24(31(12-13-31)27(38)39)17-33-23-9-15-36(16-10-23)43(41)37-19-30(20-37)11-6-14-35(18-30)28(40)42-29(2,3)4;1-2/h17,21-23,25H,5-16,18-20H2,1-4H3,(H2,32,34);1-2H3. The molecule has 4 aliphatic heterocycles. The monoisotopic (exact) mass is 645 g/mol. The molecule has 2 N–H and O–H groups in total. The van der Waals surface area contributed by atoms with Crippen molar-refractivity contribution in [2.45, 2.75) is 117 Å². The summed E-state index contributed by atoms with van der Waals surface area (Å²) in [6, 6.07) is 0.306. The number of carbonyl (C=O) groups excluding carboxylic acids is 2. The summed E-state index contributed by atoms with van der Waals surface area (Å²) in [7, 11) is 0. The van der Waals surface area contributed by atoms with Gasteiger partial charge in [-0.2, -0.15) is 0 Å². The van der Waals surface area contributed by atoms with Gasteiger partial charge in [-0.3, -0.25) is 14.7 Å². The molecule has 2 spiro atoms. The number of rotatable bonds is 6. The number of nitrogens with zero attached hydrogens (tertiary/aromatic N) is 6. The van der Waals surface area contributed by atoms with Crippen molar-refractivity contribution < 1.29 is 18.5 Å². The Bertz CT molecular complexity index is 1230. The summed E-state index contributed by atoms with van der Waals surface area (Å²) in [5.41, 5.74) is 5.72. The van der Waals surface area contributed by atoms with Crippen LogP contribution in [0.5, 0.6) is 0 Å². The van der Waals surface area contributed by atoms with Gasteiger partial charge in [0.25, 0.3) is 0 Å². The summed E-state index contributed by atoms with van der Waals surface area (Å²) in [6.07, 6.45) is 11.6. The molecule has 6 rings (SSSR count). The average molecular weight is 646 g/mol. The van der Waals surface area contributed by atoms with Crippen molar-refractivity contribution in [1.82, 2.24) is 18.4 Å². The zero-order valence-electron chi connectivity index (χ0n) is 28.3. The molecule has 3 unspecified atom stereocenters. The van der Waals surface area contributed by atoms with Crippen LogP contribution in [-0.4, -0.2) is 104 Å². The minimum Gasteiger partial charge on any atom is -0.444 e. The highest BCUT2D eigenvalue weighted by atomic mass is 32.2. The van der Waals surface area contributed by atoms with Crippen LogP contribution in [0, 0.1) is 16.7 Å². The second kappa shape index (κ2) is 13.4. The van der Waals surface area contributed by atoms with Crippen molar-refractivity contribution >= 4 is 35.7 Å². The number of hydrogen-bond donors (Lipinski definition) is 1. The molecule has 2 saturated carbocycles. The van der Waals surface area contributed by atoms with E-state index in [0.717, 1.165) is 83.0 Å². The normalized spacial score (nSPS) is 29.5. The number of amides is 2. The van der Waals surface area contributed by atoms with Crippen LogP contribution in [0.15, 0.2) is 21.4 Å². The zero-order valence-corrected chi connectivity index (χ0v) is 29.1. The number of carbonyl (C=O) groups is 2. The van der Waals surface area contributed by atoms with Crippen LogP contribution in [0.1, 0.15) is 99.3 Å². The Kier molecular flexibility index (Phi) is 10.2. The van der Waals surface area contributed by atoms with E-state index in [4.69, 9.17) is 15.5 Å². The molecule has 12 heteroatoms. The van der Waals surface area contributed by atoms with Gasteiger partial charge < -0.3 is 15.4 Å². The fourth-order valence-electron chi connectivity index (χ4n) is 7.85. The molecule has 45 heavy (non-hydrogen) atoms. The summed E-state index contributed by atoms with van der Waals surface area (Å²) in [4.78, 5) is 39.5. The minimum atomic E-state index is -1.19. The average Bonchev–Trinajstić information content (AvgIpc) is 3.65. The van der Waals surface area contributed by atoms with E-state index in [1.165, 1.54) is 6.34 Å². The van der Waals surface area contributed by atoms with Crippen LogP contribution in [0.2, 0.25) is 0 Å². The molecule has 0 aromatic heterocycles. The molecule has 252 valence electrons. The summed E-state index contributed by atoms with van der Waals surface area (Å²) in [6.45, 7) is 16.2. The topological polar surface area (TPSA) is 124 Å². The summed E-state index contributed by atoms with van der Waals surface area (Å²) in [5.74, 6) is 1.33. The highest BCUT2D eigenvalue weighted by Crippen LogP contribution is 2.59. The highest BCUT2D eigenvalue weighted by molar-refractivity contribution is 7.80. The maximum atomic E-state index is 13.6. The number of aliphatic imine (C=N–C) groups is 2. The molecule has 4 heterocycles. The van der Waals surface area contributed by atoms with Gasteiger partial charge in [-0.15, -0.1) is 0 Å². The predicted octanol–water partition coefficient (Wildman–Crippen LogP) is 4.47. The molecular formula is C33H55N7O4S. The van der Waals surface area contributed by atoms with Crippen LogP contribution in [0.4, 0.5) is 4.79 Å². The summed E-state index contributed by atoms with van der Waals surface area (Å²) < 4.78 is 23.2. The van der Waals surface area contributed by atoms with E-state index in [0.29, 0.717) is 31.4 Å². The van der Waals surface area contributed by atoms with Gasteiger partial charge in [-0.25, -0.2) is 22.6 Å². The molecule has 2 aliphatic carbocycles. The highest BCUT2D eigenvalue weighted by Gasteiger charge is 2.62. The van der Waals surface area contributed by atoms with E-state index in [-0.39, 0.29) is 29.5 Å². The maximum absolute atomic E-state index is 13.6. The van der Waals surface area contributed by atoms with Crippen molar-refractivity contribution in [3.63, 3.8) is 0 Å². The number of likely N-dealkylation sites (tertiary alicyclic amines) is 1. The minimum absolute atomic E-state index is 0.00648. The second-order valence-corrected chi connectivity index (χ2v) is 16.2. The Balaban J connectivity index is 0.00000196. The molecule has 3 saturated heterocycles. The molecule has 5 fully saturated rings. The number of nitrogens with two attached hydrogens (primary N) is 1. The Hall–Kier alpha value is -2.31. The van der Waals surface area contributed by atoms with Crippen LogP contribution in [-0.2, 0) is 20.7 Å². The van der Waals surface area contributed by atoms with Crippen LogP contribution in [0.25, 0.3) is 0 Å². The van der Waals surface area contributed by atoms with Crippen molar-refractivity contribution in [1.29, 1.82) is 0 Å². The number of piperidine rings is 2. The van der Waals surface area contributed by atoms with Gasteiger partial charge in [0, 0.05) is 62.5 Å². The van der Waals surface area contributed by atoms with Gasteiger partial charge in [0.2, 0.25) is 5.91 Å². The maximum Gasteiger partial charge on any atom is 0.410 e. The van der Waals surface area contributed by atoms with Gasteiger partial charge in [-0.05, 0) is 78.1 Å². The number of ether oxygens (including phenoxy) is 1. The van der Waals surface area contributed by atoms with Gasteiger partial charge in [0.15, 0.2) is 11.2 Å². The van der Waals surface area contributed by atoms with Gasteiger partial charge in [-0.1, -0.05) is 27.2 Å². The smallest absolute Gasteiger partial charge is 0.410 e. The Labute approximate surface area is 272 Å². The third kappa shape index (κ3) is 6.88. The molecule has 0 bridgehead atoms. The molecule has 11 nitrogen and oxygen atoms in total. The van der Waals surface area contributed by atoms with E-state index < -0.39 is 22.2 Å². The zero-order chi connectivity index (χ0) is 32.6. The molecule has 2 amide bonds. The predicted molar refractivity (Wildman–Crippen MR) is 179 cm³/mol. The lowest BCUT2D eigenvalue weighted by Gasteiger charge is -2.54. The first-order valence-corrected chi connectivity index (χ1v) is 18.3. The number of hydrogen-bond acceptors (Lipinski definition) is 6. The van der Waals surface area contributed by atoms with E-state index in [1.54, 1.807) is 0 Å².